The Labute approximate surface area is 91.5 Å². The molecule has 1 rings (SSSR count). The first-order chi connectivity index (χ1) is 6.72. The Morgan fingerprint density at radius 1 is 1.43 bits per heavy atom. The van der Waals surface area contributed by atoms with Crippen LogP contribution in [0.5, 0.6) is 0 Å². The number of nitrogens with one attached hydrogen (secondary N) is 1. The molecule has 78 valence electrons. The second kappa shape index (κ2) is 5.92. The predicted molar refractivity (Wildman–Crippen MR) is 64.0 cm³/mol. The van der Waals surface area contributed by atoms with Crippen LogP contribution in [0.1, 0.15) is 26.7 Å². The van der Waals surface area contributed by atoms with E-state index >= 15 is 0 Å². The average Bonchev–Trinajstić information content (AvgIpc) is 2.17. The molecule has 0 aliphatic heterocycles. The van der Waals surface area contributed by atoms with Gasteiger partial charge in [0.25, 0.3) is 0 Å². The third-order valence-electron chi connectivity index (χ3n) is 2.49. The van der Waals surface area contributed by atoms with Crippen LogP contribution in [0, 0.1) is 5.92 Å². The highest BCUT2D eigenvalue weighted by Gasteiger charge is 1.98. The van der Waals surface area contributed by atoms with Gasteiger partial charge in [0.1, 0.15) is 0 Å². The van der Waals surface area contributed by atoms with Gasteiger partial charge in [0.2, 0.25) is 0 Å². The summed E-state index contributed by atoms with van der Waals surface area (Å²) in [6.45, 7) is 5.53. The molecule has 1 aromatic rings. The molecule has 0 spiro atoms. The lowest BCUT2D eigenvalue weighted by atomic mass is 10.1. The lowest BCUT2D eigenvalue weighted by Gasteiger charge is -2.10. The van der Waals surface area contributed by atoms with Gasteiger partial charge in [-0.2, -0.15) is 0 Å². The Balaban J connectivity index is 2.31. The van der Waals surface area contributed by atoms with Gasteiger partial charge in [-0.15, -0.1) is 0 Å². The summed E-state index contributed by atoms with van der Waals surface area (Å²) in [4.78, 5) is 0. The van der Waals surface area contributed by atoms with Crippen molar-refractivity contribution in [1.82, 2.24) is 0 Å². The molecular weight excluding hydrogens is 194 g/mol. The predicted octanol–water partition coefficient (Wildman–Crippen LogP) is 4.19. The molecule has 0 radical (unpaired) electrons. The summed E-state index contributed by atoms with van der Waals surface area (Å²) in [5, 5.41) is 4.16. The minimum absolute atomic E-state index is 0.790. The van der Waals surface area contributed by atoms with E-state index in [9.17, 15) is 0 Å². The number of rotatable bonds is 5. The van der Waals surface area contributed by atoms with Gasteiger partial charge < -0.3 is 5.32 Å². The molecule has 0 aliphatic rings. The second-order valence-electron chi connectivity index (χ2n) is 3.74. The van der Waals surface area contributed by atoms with Crippen molar-refractivity contribution in [1.29, 1.82) is 0 Å². The van der Waals surface area contributed by atoms with Crippen LogP contribution in [0.4, 0.5) is 5.69 Å². The Bertz CT molecular complexity index is 273. The SMILES string of the molecule is CCC(C)CCNc1cccc(Cl)c1. The standard InChI is InChI=1S/C12H18ClN/c1-3-10(2)7-8-14-12-6-4-5-11(13)9-12/h4-6,9-10,14H,3,7-8H2,1-2H3. The van der Waals surface area contributed by atoms with Crippen molar-refractivity contribution in [3.05, 3.63) is 29.3 Å². The molecule has 1 unspecified atom stereocenters. The first kappa shape index (κ1) is 11.4. The maximum Gasteiger partial charge on any atom is 0.0426 e. The van der Waals surface area contributed by atoms with Crippen LogP contribution in [-0.4, -0.2) is 6.54 Å². The molecule has 0 fully saturated rings. The molecule has 1 atom stereocenters. The molecule has 1 N–H and O–H groups in total. The molecule has 1 aromatic carbocycles. The monoisotopic (exact) mass is 211 g/mol. The minimum Gasteiger partial charge on any atom is -0.385 e. The van der Waals surface area contributed by atoms with Crippen LogP contribution in [0.2, 0.25) is 5.02 Å². The Morgan fingerprint density at radius 3 is 2.86 bits per heavy atom. The lowest BCUT2D eigenvalue weighted by Crippen LogP contribution is -2.05. The van der Waals surface area contributed by atoms with E-state index in [0.717, 1.165) is 23.2 Å². The summed E-state index contributed by atoms with van der Waals surface area (Å²) < 4.78 is 0. The highest BCUT2D eigenvalue weighted by atomic mass is 35.5. The molecule has 1 nitrogen and oxygen atoms in total. The smallest absolute Gasteiger partial charge is 0.0426 e. The molecule has 0 saturated carbocycles. The van der Waals surface area contributed by atoms with Gasteiger partial charge in [-0.1, -0.05) is 37.9 Å². The minimum atomic E-state index is 0.790. The number of halogens is 1. The molecule has 0 amide bonds. The van der Waals surface area contributed by atoms with Gasteiger partial charge in [0, 0.05) is 17.3 Å². The summed E-state index contributed by atoms with van der Waals surface area (Å²) in [7, 11) is 0. The summed E-state index contributed by atoms with van der Waals surface area (Å²) in [6, 6.07) is 7.86. The molecule has 0 aliphatic carbocycles. The molecule has 0 heterocycles. The van der Waals surface area contributed by atoms with Crippen molar-refractivity contribution in [2.75, 3.05) is 11.9 Å². The van der Waals surface area contributed by atoms with Gasteiger partial charge >= 0.3 is 0 Å². The topological polar surface area (TPSA) is 12.0 Å². The molecule has 2 heteroatoms. The number of benzene rings is 1. The molecule has 14 heavy (non-hydrogen) atoms. The number of hydrogen-bond acceptors (Lipinski definition) is 1. The zero-order chi connectivity index (χ0) is 10.4. The summed E-state index contributed by atoms with van der Waals surface area (Å²) in [6.07, 6.45) is 2.46. The van der Waals surface area contributed by atoms with Gasteiger partial charge in [0.05, 0.1) is 0 Å². The second-order valence-corrected chi connectivity index (χ2v) is 4.18. The van der Waals surface area contributed by atoms with Crippen LogP contribution in [0.25, 0.3) is 0 Å². The Hall–Kier alpha value is -0.690. The van der Waals surface area contributed by atoms with Gasteiger partial charge in [0.15, 0.2) is 0 Å². The molecular formula is C12H18ClN. The van der Waals surface area contributed by atoms with E-state index in [0.29, 0.717) is 0 Å². The highest BCUT2D eigenvalue weighted by molar-refractivity contribution is 6.30. The number of hydrogen-bond donors (Lipinski definition) is 1. The van der Waals surface area contributed by atoms with Crippen molar-refractivity contribution in [2.45, 2.75) is 26.7 Å². The van der Waals surface area contributed by atoms with Gasteiger partial charge in [-0.3, -0.25) is 0 Å². The van der Waals surface area contributed by atoms with E-state index in [2.05, 4.69) is 19.2 Å². The average molecular weight is 212 g/mol. The fourth-order valence-corrected chi connectivity index (χ4v) is 1.46. The van der Waals surface area contributed by atoms with Gasteiger partial charge in [-0.25, -0.2) is 0 Å². The van der Waals surface area contributed by atoms with Gasteiger partial charge in [-0.05, 0) is 30.5 Å². The largest absolute Gasteiger partial charge is 0.385 e. The van der Waals surface area contributed by atoms with Crippen LogP contribution in [0.15, 0.2) is 24.3 Å². The zero-order valence-corrected chi connectivity index (χ0v) is 9.64. The Morgan fingerprint density at radius 2 is 2.21 bits per heavy atom. The summed E-state index contributed by atoms with van der Waals surface area (Å²) >= 11 is 5.87. The van der Waals surface area contributed by atoms with Crippen molar-refractivity contribution in [3.63, 3.8) is 0 Å². The fourth-order valence-electron chi connectivity index (χ4n) is 1.27. The van der Waals surface area contributed by atoms with Crippen molar-refractivity contribution in [2.24, 2.45) is 5.92 Å². The Kier molecular flexibility index (Phi) is 4.81. The van der Waals surface area contributed by atoms with E-state index in [1.165, 1.54) is 12.8 Å². The normalized spacial score (nSPS) is 12.5. The van der Waals surface area contributed by atoms with E-state index in [1.54, 1.807) is 0 Å². The van der Waals surface area contributed by atoms with Crippen molar-refractivity contribution in [3.8, 4) is 0 Å². The van der Waals surface area contributed by atoms with Crippen molar-refractivity contribution < 1.29 is 0 Å². The zero-order valence-electron chi connectivity index (χ0n) is 8.89. The first-order valence-electron chi connectivity index (χ1n) is 5.21. The lowest BCUT2D eigenvalue weighted by molar-refractivity contribution is 0.532. The number of anilines is 1. The summed E-state index contributed by atoms with van der Waals surface area (Å²) in [5.74, 6) is 0.793. The maximum atomic E-state index is 5.87. The molecule has 0 bridgehead atoms. The van der Waals surface area contributed by atoms with E-state index in [-0.39, 0.29) is 0 Å². The molecule has 0 aromatic heterocycles. The molecule has 0 saturated heterocycles. The summed E-state index contributed by atoms with van der Waals surface area (Å²) in [5.41, 5.74) is 1.11. The van der Waals surface area contributed by atoms with Crippen LogP contribution in [0.3, 0.4) is 0 Å². The third-order valence-corrected chi connectivity index (χ3v) is 2.72. The fraction of sp³-hybridized carbons (Fsp3) is 0.500. The van der Waals surface area contributed by atoms with Crippen LogP contribution in [-0.2, 0) is 0 Å². The highest BCUT2D eigenvalue weighted by Crippen LogP contribution is 2.15. The first-order valence-corrected chi connectivity index (χ1v) is 5.59. The third kappa shape index (κ3) is 4.01. The maximum absolute atomic E-state index is 5.87. The van der Waals surface area contributed by atoms with E-state index < -0.39 is 0 Å². The van der Waals surface area contributed by atoms with Crippen LogP contribution < -0.4 is 5.32 Å². The van der Waals surface area contributed by atoms with E-state index in [1.807, 2.05) is 24.3 Å². The van der Waals surface area contributed by atoms with Crippen molar-refractivity contribution >= 4 is 17.3 Å². The van der Waals surface area contributed by atoms with E-state index in [4.69, 9.17) is 11.6 Å². The quantitative estimate of drug-likeness (QED) is 0.770. The van der Waals surface area contributed by atoms with Crippen LogP contribution >= 0.6 is 11.6 Å².